The molecule has 0 aromatic heterocycles. The summed E-state index contributed by atoms with van der Waals surface area (Å²) < 4.78 is 10.8. The zero-order valence-corrected chi connectivity index (χ0v) is 9.25. The predicted octanol–water partition coefficient (Wildman–Crippen LogP) is 0.151. The highest BCUT2D eigenvalue weighted by Gasteiger charge is 2.35. The van der Waals surface area contributed by atoms with Crippen LogP contribution in [-0.2, 0) is 9.47 Å². The van der Waals surface area contributed by atoms with E-state index < -0.39 is 0 Å². The number of methoxy groups -OCH3 is 1. The Morgan fingerprint density at radius 3 is 2.71 bits per heavy atom. The summed E-state index contributed by atoms with van der Waals surface area (Å²) in [5, 5.41) is 12.6. The van der Waals surface area contributed by atoms with Gasteiger partial charge in [0, 0.05) is 32.7 Å². The van der Waals surface area contributed by atoms with Crippen LogP contribution in [0.4, 0.5) is 0 Å². The van der Waals surface area contributed by atoms with Crippen molar-refractivity contribution >= 4 is 0 Å². The van der Waals surface area contributed by atoms with Crippen LogP contribution in [0.15, 0.2) is 0 Å². The molecular formula is C10H21NO3. The highest BCUT2D eigenvalue weighted by Crippen LogP contribution is 2.21. The van der Waals surface area contributed by atoms with E-state index in [0.29, 0.717) is 6.61 Å². The number of aliphatic hydroxyl groups excluding tert-OH is 1. The van der Waals surface area contributed by atoms with Crippen molar-refractivity contribution in [2.75, 3.05) is 26.9 Å². The molecule has 1 heterocycles. The van der Waals surface area contributed by atoms with Gasteiger partial charge in [0.05, 0.1) is 12.7 Å². The lowest BCUT2D eigenvalue weighted by atomic mass is 10.0. The van der Waals surface area contributed by atoms with Crippen LogP contribution in [0.5, 0.6) is 0 Å². The van der Waals surface area contributed by atoms with Crippen molar-refractivity contribution in [3.05, 3.63) is 0 Å². The lowest BCUT2D eigenvalue weighted by Gasteiger charge is -2.28. The summed E-state index contributed by atoms with van der Waals surface area (Å²) in [5.41, 5.74) is -0.191. The van der Waals surface area contributed by atoms with Crippen molar-refractivity contribution in [2.45, 2.75) is 38.0 Å². The van der Waals surface area contributed by atoms with Crippen LogP contribution >= 0.6 is 0 Å². The third-order valence-electron chi connectivity index (χ3n) is 2.97. The maximum absolute atomic E-state index is 9.32. The number of rotatable bonds is 5. The smallest absolute Gasteiger partial charge is 0.106 e. The molecule has 0 aromatic carbocycles. The minimum atomic E-state index is -0.341. The Bertz CT molecular complexity index is 167. The standard InChI is InChI=1S/C10H21NO3/c1-8(9(2)12)11-6-10(13-3)4-5-14-7-10/h8-9,11-12H,4-7H2,1-3H3. The van der Waals surface area contributed by atoms with E-state index >= 15 is 0 Å². The second kappa shape index (κ2) is 5.07. The van der Waals surface area contributed by atoms with Gasteiger partial charge in [-0.1, -0.05) is 0 Å². The number of aliphatic hydroxyl groups is 1. The summed E-state index contributed by atoms with van der Waals surface area (Å²) in [5.74, 6) is 0. The second-order valence-electron chi connectivity index (χ2n) is 4.10. The average Bonchev–Trinajstić information content (AvgIpc) is 2.63. The molecule has 1 aliphatic rings. The van der Waals surface area contributed by atoms with Gasteiger partial charge in [0.2, 0.25) is 0 Å². The quantitative estimate of drug-likeness (QED) is 0.668. The lowest BCUT2D eigenvalue weighted by Crippen LogP contribution is -2.48. The van der Waals surface area contributed by atoms with Gasteiger partial charge in [0.25, 0.3) is 0 Å². The van der Waals surface area contributed by atoms with Gasteiger partial charge in [-0.2, -0.15) is 0 Å². The van der Waals surface area contributed by atoms with E-state index in [9.17, 15) is 5.11 Å². The van der Waals surface area contributed by atoms with Gasteiger partial charge in [0.15, 0.2) is 0 Å². The SMILES string of the molecule is COC1(CNC(C)C(C)O)CCOC1. The van der Waals surface area contributed by atoms with E-state index in [2.05, 4.69) is 5.32 Å². The molecule has 2 N–H and O–H groups in total. The number of hydrogen-bond donors (Lipinski definition) is 2. The van der Waals surface area contributed by atoms with Gasteiger partial charge in [-0.15, -0.1) is 0 Å². The average molecular weight is 203 g/mol. The van der Waals surface area contributed by atoms with Gasteiger partial charge in [-0.05, 0) is 13.8 Å². The van der Waals surface area contributed by atoms with Crippen molar-refractivity contribution in [3.8, 4) is 0 Å². The molecule has 3 unspecified atom stereocenters. The molecule has 3 atom stereocenters. The monoisotopic (exact) mass is 203 g/mol. The first-order valence-corrected chi connectivity index (χ1v) is 5.14. The van der Waals surface area contributed by atoms with E-state index in [1.54, 1.807) is 14.0 Å². The Labute approximate surface area is 85.6 Å². The Balaban J connectivity index is 2.34. The summed E-state index contributed by atoms with van der Waals surface area (Å²) in [6.45, 7) is 5.88. The first kappa shape index (κ1) is 11.9. The topological polar surface area (TPSA) is 50.7 Å². The predicted molar refractivity (Wildman–Crippen MR) is 54.3 cm³/mol. The maximum atomic E-state index is 9.32. The van der Waals surface area contributed by atoms with Gasteiger partial charge < -0.3 is 19.9 Å². The minimum absolute atomic E-state index is 0.0858. The van der Waals surface area contributed by atoms with Crippen molar-refractivity contribution in [3.63, 3.8) is 0 Å². The zero-order chi connectivity index (χ0) is 10.6. The third-order valence-corrected chi connectivity index (χ3v) is 2.97. The van der Waals surface area contributed by atoms with Gasteiger partial charge >= 0.3 is 0 Å². The van der Waals surface area contributed by atoms with E-state index in [4.69, 9.17) is 9.47 Å². The van der Waals surface area contributed by atoms with Crippen molar-refractivity contribution in [1.29, 1.82) is 0 Å². The summed E-state index contributed by atoms with van der Waals surface area (Å²) in [6, 6.07) is 0.0858. The molecule has 14 heavy (non-hydrogen) atoms. The van der Waals surface area contributed by atoms with Crippen LogP contribution in [-0.4, -0.2) is 49.7 Å². The number of hydrogen-bond acceptors (Lipinski definition) is 4. The fraction of sp³-hybridized carbons (Fsp3) is 1.00. The number of ether oxygens (including phenoxy) is 2. The zero-order valence-electron chi connectivity index (χ0n) is 9.25. The molecule has 0 amide bonds. The highest BCUT2D eigenvalue weighted by atomic mass is 16.5. The fourth-order valence-electron chi connectivity index (χ4n) is 1.48. The maximum Gasteiger partial charge on any atom is 0.106 e. The Kier molecular flexibility index (Phi) is 4.31. The molecule has 4 heteroatoms. The molecule has 0 aromatic rings. The van der Waals surface area contributed by atoms with Crippen molar-refractivity contribution in [1.82, 2.24) is 5.32 Å². The lowest BCUT2D eigenvalue weighted by molar-refractivity contribution is -0.0199. The third kappa shape index (κ3) is 2.92. The normalized spacial score (nSPS) is 31.7. The van der Waals surface area contributed by atoms with Gasteiger partial charge in [-0.3, -0.25) is 0 Å². The molecule has 1 rings (SSSR count). The molecule has 1 saturated heterocycles. The van der Waals surface area contributed by atoms with Crippen LogP contribution in [0, 0.1) is 0 Å². The molecule has 1 fully saturated rings. The summed E-state index contributed by atoms with van der Waals surface area (Å²) in [7, 11) is 1.71. The molecule has 1 aliphatic heterocycles. The van der Waals surface area contributed by atoms with Gasteiger partial charge in [0.1, 0.15) is 5.60 Å². The first-order valence-electron chi connectivity index (χ1n) is 5.14. The molecule has 0 radical (unpaired) electrons. The summed E-state index contributed by atoms with van der Waals surface area (Å²) >= 11 is 0. The van der Waals surface area contributed by atoms with Crippen LogP contribution < -0.4 is 5.32 Å². The van der Waals surface area contributed by atoms with Crippen molar-refractivity contribution in [2.24, 2.45) is 0 Å². The molecular weight excluding hydrogens is 182 g/mol. The van der Waals surface area contributed by atoms with Crippen LogP contribution in [0.1, 0.15) is 20.3 Å². The van der Waals surface area contributed by atoms with Gasteiger partial charge in [-0.25, -0.2) is 0 Å². The van der Waals surface area contributed by atoms with E-state index in [1.807, 2.05) is 6.92 Å². The molecule has 0 aliphatic carbocycles. The van der Waals surface area contributed by atoms with Crippen LogP contribution in [0.2, 0.25) is 0 Å². The molecule has 0 saturated carbocycles. The molecule has 84 valence electrons. The number of nitrogens with one attached hydrogen (secondary N) is 1. The summed E-state index contributed by atoms with van der Waals surface area (Å²) in [6.07, 6.45) is 0.578. The Morgan fingerprint density at radius 1 is 1.57 bits per heavy atom. The second-order valence-corrected chi connectivity index (χ2v) is 4.10. The highest BCUT2D eigenvalue weighted by molar-refractivity contribution is 4.88. The Hall–Kier alpha value is -0.160. The first-order chi connectivity index (χ1) is 6.59. The molecule has 4 nitrogen and oxygen atoms in total. The Morgan fingerprint density at radius 2 is 2.29 bits per heavy atom. The summed E-state index contributed by atoms with van der Waals surface area (Å²) in [4.78, 5) is 0. The van der Waals surface area contributed by atoms with Crippen molar-refractivity contribution < 1.29 is 14.6 Å². The molecule has 0 spiro atoms. The minimum Gasteiger partial charge on any atom is -0.392 e. The largest absolute Gasteiger partial charge is 0.392 e. The molecule has 0 bridgehead atoms. The van der Waals surface area contributed by atoms with E-state index in [1.165, 1.54) is 0 Å². The van der Waals surface area contributed by atoms with E-state index in [0.717, 1.165) is 19.6 Å². The van der Waals surface area contributed by atoms with Crippen LogP contribution in [0.3, 0.4) is 0 Å². The van der Waals surface area contributed by atoms with Crippen LogP contribution in [0.25, 0.3) is 0 Å². The van der Waals surface area contributed by atoms with E-state index in [-0.39, 0.29) is 17.7 Å². The fourth-order valence-corrected chi connectivity index (χ4v) is 1.48.